The van der Waals surface area contributed by atoms with Gasteiger partial charge in [-0.1, -0.05) is 0 Å². The fourth-order valence-corrected chi connectivity index (χ4v) is 3.37. The number of nitrogens with one attached hydrogen (secondary N) is 2. The van der Waals surface area contributed by atoms with Crippen LogP contribution in [0.5, 0.6) is 0 Å². The minimum absolute atomic E-state index is 0. The van der Waals surface area contributed by atoms with Gasteiger partial charge in [-0.2, -0.15) is 0 Å². The predicted molar refractivity (Wildman–Crippen MR) is 114 cm³/mol. The molecular formula is C19H27Cl2N5O2. The van der Waals surface area contributed by atoms with Gasteiger partial charge in [0.2, 0.25) is 5.91 Å². The van der Waals surface area contributed by atoms with Crippen LogP contribution in [-0.4, -0.2) is 51.9 Å². The largest absolute Gasteiger partial charge is 0.341 e. The Bertz CT molecular complexity index is 829. The fraction of sp³-hybridized carbons (Fsp3) is 0.474. The van der Waals surface area contributed by atoms with Gasteiger partial charge in [0.05, 0.1) is 0 Å². The molecule has 2 aromatic rings. The van der Waals surface area contributed by atoms with Crippen molar-refractivity contribution >= 4 is 30.7 Å². The van der Waals surface area contributed by atoms with Crippen molar-refractivity contribution in [2.75, 3.05) is 20.1 Å². The highest BCUT2D eigenvalue weighted by atomic mass is 35.5. The van der Waals surface area contributed by atoms with Gasteiger partial charge in [0.15, 0.2) is 0 Å². The Morgan fingerprint density at radius 1 is 1.39 bits per heavy atom. The molecule has 28 heavy (non-hydrogen) atoms. The molecule has 1 aliphatic rings. The molecule has 7 nitrogen and oxygen atoms in total. The molecule has 0 spiro atoms. The lowest BCUT2D eigenvalue weighted by molar-refractivity contribution is -0.132. The van der Waals surface area contributed by atoms with E-state index in [-0.39, 0.29) is 36.3 Å². The number of aromatic amines is 1. The summed E-state index contributed by atoms with van der Waals surface area (Å²) in [5, 5.41) is 3.24. The Balaban J connectivity index is 0.00000196. The van der Waals surface area contributed by atoms with Crippen LogP contribution in [0, 0.1) is 6.92 Å². The number of halogens is 2. The maximum absolute atomic E-state index is 12.5. The molecule has 1 atom stereocenters. The number of pyridine rings is 1. The first-order chi connectivity index (χ1) is 12.6. The van der Waals surface area contributed by atoms with E-state index in [9.17, 15) is 9.59 Å². The molecule has 1 unspecified atom stereocenters. The zero-order valence-electron chi connectivity index (χ0n) is 16.1. The molecule has 0 saturated carbocycles. The van der Waals surface area contributed by atoms with Gasteiger partial charge >= 0.3 is 0 Å². The number of piperidine rings is 1. The third-order valence-corrected chi connectivity index (χ3v) is 4.93. The summed E-state index contributed by atoms with van der Waals surface area (Å²) in [6.07, 6.45) is 6.18. The second-order valence-corrected chi connectivity index (χ2v) is 6.69. The number of amides is 1. The molecule has 3 rings (SSSR count). The summed E-state index contributed by atoms with van der Waals surface area (Å²) in [7, 11) is 1.93. The molecule has 1 fully saturated rings. The number of hydrogen-bond donors (Lipinski definition) is 2. The van der Waals surface area contributed by atoms with Crippen LogP contribution in [0.15, 0.2) is 29.3 Å². The molecule has 0 bridgehead atoms. The van der Waals surface area contributed by atoms with Crippen LogP contribution in [0.1, 0.15) is 30.5 Å². The van der Waals surface area contributed by atoms with Crippen LogP contribution in [0.2, 0.25) is 0 Å². The normalized spacial score (nSPS) is 16.1. The van der Waals surface area contributed by atoms with Gasteiger partial charge in [-0.15, -0.1) is 24.8 Å². The topological polar surface area (TPSA) is 91.0 Å². The zero-order valence-corrected chi connectivity index (χ0v) is 17.7. The van der Waals surface area contributed by atoms with Crippen molar-refractivity contribution < 1.29 is 4.79 Å². The molecule has 2 aromatic heterocycles. The molecule has 1 amide bonds. The van der Waals surface area contributed by atoms with E-state index >= 15 is 0 Å². The summed E-state index contributed by atoms with van der Waals surface area (Å²) in [5.41, 5.74) is 1.82. The van der Waals surface area contributed by atoms with Crippen molar-refractivity contribution in [3.05, 3.63) is 46.1 Å². The van der Waals surface area contributed by atoms with E-state index < -0.39 is 0 Å². The van der Waals surface area contributed by atoms with Crippen molar-refractivity contribution in [3.63, 3.8) is 0 Å². The lowest BCUT2D eigenvalue weighted by Gasteiger charge is -2.32. The van der Waals surface area contributed by atoms with E-state index in [1.165, 1.54) is 0 Å². The number of rotatable bonds is 5. The molecular weight excluding hydrogens is 401 g/mol. The molecule has 0 aliphatic carbocycles. The average Bonchev–Trinajstić information content (AvgIpc) is 2.67. The second-order valence-electron chi connectivity index (χ2n) is 6.69. The minimum Gasteiger partial charge on any atom is -0.341 e. The summed E-state index contributed by atoms with van der Waals surface area (Å²) >= 11 is 0. The molecule has 2 N–H and O–H groups in total. The van der Waals surface area contributed by atoms with Gasteiger partial charge in [0, 0.05) is 54.8 Å². The standard InChI is InChI=1S/C19H25N5O2.2ClH/c1-13-16(7-8-17(25)24-10-4-6-15(12-24)20-2)19(26)23-18(22-13)14-5-3-9-21-11-14;;/h3,5,9,11,15,20H,4,6-8,10,12H2,1-2H3,(H,22,23,26);2*1H. The van der Waals surface area contributed by atoms with Crippen molar-refractivity contribution in [2.24, 2.45) is 0 Å². The molecule has 9 heteroatoms. The predicted octanol–water partition coefficient (Wildman–Crippen LogP) is 2.13. The highest BCUT2D eigenvalue weighted by Gasteiger charge is 2.22. The first kappa shape index (κ1) is 24.1. The second kappa shape index (κ2) is 11.1. The Morgan fingerprint density at radius 2 is 2.18 bits per heavy atom. The number of likely N-dealkylation sites (N-methyl/N-ethyl adjacent to an activating group) is 1. The third-order valence-electron chi connectivity index (χ3n) is 4.93. The van der Waals surface area contributed by atoms with E-state index in [0.717, 1.165) is 31.5 Å². The van der Waals surface area contributed by atoms with Crippen molar-refractivity contribution in [2.45, 2.75) is 38.6 Å². The van der Waals surface area contributed by atoms with Gasteiger partial charge in [-0.05, 0) is 45.4 Å². The maximum Gasteiger partial charge on any atom is 0.254 e. The summed E-state index contributed by atoms with van der Waals surface area (Å²) in [6.45, 7) is 3.35. The van der Waals surface area contributed by atoms with Crippen LogP contribution >= 0.6 is 24.8 Å². The van der Waals surface area contributed by atoms with E-state index in [2.05, 4.69) is 20.3 Å². The number of aryl methyl sites for hydroxylation is 1. The summed E-state index contributed by atoms with van der Waals surface area (Å²) in [4.78, 5) is 38.2. The molecule has 154 valence electrons. The molecule has 0 radical (unpaired) electrons. The number of aromatic nitrogens is 3. The third kappa shape index (κ3) is 5.77. The number of likely N-dealkylation sites (tertiary alicyclic amines) is 1. The van der Waals surface area contributed by atoms with E-state index in [0.29, 0.717) is 36.0 Å². The SMILES string of the molecule is CNC1CCCN(C(=O)CCc2c(C)nc(-c3cccnc3)[nH]c2=O)C1.Cl.Cl. The van der Waals surface area contributed by atoms with Gasteiger partial charge in [-0.3, -0.25) is 14.6 Å². The fourth-order valence-electron chi connectivity index (χ4n) is 3.37. The van der Waals surface area contributed by atoms with Crippen molar-refractivity contribution in [3.8, 4) is 11.4 Å². The average molecular weight is 428 g/mol. The molecule has 1 saturated heterocycles. The van der Waals surface area contributed by atoms with Crippen LogP contribution in [0.4, 0.5) is 0 Å². The number of carbonyl (C=O) groups is 1. The maximum atomic E-state index is 12.5. The monoisotopic (exact) mass is 427 g/mol. The minimum atomic E-state index is -0.184. The van der Waals surface area contributed by atoms with Crippen molar-refractivity contribution in [1.29, 1.82) is 0 Å². The smallest absolute Gasteiger partial charge is 0.254 e. The highest BCUT2D eigenvalue weighted by molar-refractivity contribution is 5.85. The van der Waals surface area contributed by atoms with Gasteiger partial charge < -0.3 is 15.2 Å². The highest BCUT2D eigenvalue weighted by Crippen LogP contribution is 2.15. The van der Waals surface area contributed by atoms with E-state index in [4.69, 9.17) is 0 Å². The van der Waals surface area contributed by atoms with Crippen molar-refractivity contribution in [1.82, 2.24) is 25.2 Å². The number of carbonyl (C=O) groups excluding carboxylic acids is 1. The van der Waals surface area contributed by atoms with Crippen LogP contribution in [0.3, 0.4) is 0 Å². The van der Waals surface area contributed by atoms with Crippen LogP contribution in [0.25, 0.3) is 11.4 Å². The van der Waals surface area contributed by atoms with Gasteiger partial charge in [0.25, 0.3) is 5.56 Å². The van der Waals surface area contributed by atoms with Gasteiger partial charge in [0.1, 0.15) is 5.82 Å². The summed E-state index contributed by atoms with van der Waals surface area (Å²) < 4.78 is 0. The number of nitrogens with zero attached hydrogens (tertiary/aromatic N) is 3. The van der Waals surface area contributed by atoms with Crippen LogP contribution in [-0.2, 0) is 11.2 Å². The molecule has 1 aliphatic heterocycles. The molecule has 3 heterocycles. The number of H-pyrrole nitrogens is 1. The summed E-state index contributed by atoms with van der Waals surface area (Å²) in [5.74, 6) is 0.601. The lowest BCUT2D eigenvalue weighted by atomic mass is 10.0. The van der Waals surface area contributed by atoms with Crippen LogP contribution < -0.4 is 10.9 Å². The summed E-state index contributed by atoms with van der Waals surface area (Å²) in [6, 6.07) is 4.01. The quantitative estimate of drug-likeness (QED) is 0.762. The molecule has 0 aromatic carbocycles. The Labute approximate surface area is 177 Å². The Kier molecular flexibility index (Phi) is 9.58. The Morgan fingerprint density at radius 3 is 2.82 bits per heavy atom. The first-order valence-electron chi connectivity index (χ1n) is 9.03. The Hall–Kier alpha value is -1.96. The van der Waals surface area contributed by atoms with E-state index in [1.807, 2.05) is 24.9 Å². The number of hydrogen-bond acceptors (Lipinski definition) is 5. The van der Waals surface area contributed by atoms with E-state index in [1.54, 1.807) is 18.5 Å². The lowest BCUT2D eigenvalue weighted by Crippen LogP contribution is -2.47. The first-order valence-corrected chi connectivity index (χ1v) is 9.03. The zero-order chi connectivity index (χ0) is 18.5. The van der Waals surface area contributed by atoms with Gasteiger partial charge in [-0.25, -0.2) is 4.98 Å².